The molecule has 2 amide bonds. The van der Waals surface area contributed by atoms with E-state index in [0.717, 1.165) is 22.7 Å². The summed E-state index contributed by atoms with van der Waals surface area (Å²) in [6.45, 7) is 0.128. The first-order chi connectivity index (χ1) is 13.2. The third-order valence-electron chi connectivity index (χ3n) is 3.70. The van der Waals surface area contributed by atoms with Crippen molar-refractivity contribution in [3.05, 3.63) is 78.1 Å². The highest BCUT2D eigenvalue weighted by molar-refractivity contribution is 7.09. The van der Waals surface area contributed by atoms with Crippen LogP contribution in [0.4, 0.5) is 9.93 Å². The second-order valence-electron chi connectivity index (χ2n) is 5.68. The average Bonchev–Trinajstić information content (AvgIpc) is 3.20. The number of anilines is 1. The molecule has 0 bridgehead atoms. The van der Waals surface area contributed by atoms with Crippen LogP contribution in [0.5, 0.6) is 0 Å². The van der Waals surface area contributed by atoms with Crippen molar-refractivity contribution in [2.45, 2.75) is 19.1 Å². The van der Waals surface area contributed by atoms with Gasteiger partial charge in [-0.3, -0.25) is 10.1 Å². The summed E-state index contributed by atoms with van der Waals surface area (Å²) in [5.41, 5.74) is 1.78. The van der Waals surface area contributed by atoms with E-state index in [4.69, 9.17) is 4.74 Å². The van der Waals surface area contributed by atoms with Gasteiger partial charge in [0.25, 0.3) is 0 Å². The highest BCUT2D eigenvalue weighted by Crippen LogP contribution is 2.10. The average molecular weight is 382 g/mol. The van der Waals surface area contributed by atoms with Crippen LogP contribution in [-0.2, 0) is 22.6 Å². The van der Waals surface area contributed by atoms with Gasteiger partial charge in [-0.05, 0) is 11.1 Å². The molecule has 3 aromatic rings. The Balaban J connectivity index is 1.63. The Labute approximate surface area is 160 Å². The number of benzene rings is 2. The van der Waals surface area contributed by atoms with Gasteiger partial charge in [0.1, 0.15) is 19.0 Å². The van der Waals surface area contributed by atoms with Gasteiger partial charge in [-0.2, -0.15) is 4.37 Å². The lowest BCUT2D eigenvalue weighted by molar-refractivity contribution is -0.118. The fourth-order valence-electron chi connectivity index (χ4n) is 2.39. The monoisotopic (exact) mass is 382 g/mol. The summed E-state index contributed by atoms with van der Waals surface area (Å²) in [5.74, 6) is -0.382. The standard InChI is InChI=1S/C19H18N4O3S/c24-17(23-18-20-13-21-27-18)16(11-14-7-3-1-4-8-14)22-19(25)26-12-15-9-5-2-6-10-15/h1-10,13,16H,11-12H2,(H,22,25)(H,20,21,23,24)/t16-/m0/s1. The van der Waals surface area contributed by atoms with Crippen LogP contribution in [-0.4, -0.2) is 27.4 Å². The molecule has 1 heterocycles. The molecule has 3 rings (SSSR count). The molecule has 0 aliphatic carbocycles. The first-order valence-electron chi connectivity index (χ1n) is 8.29. The van der Waals surface area contributed by atoms with Gasteiger partial charge in [0.15, 0.2) is 0 Å². The van der Waals surface area contributed by atoms with Crippen molar-refractivity contribution in [1.82, 2.24) is 14.7 Å². The highest BCUT2D eigenvalue weighted by Gasteiger charge is 2.23. The number of nitrogens with zero attached hydrogens (tertiary/aromatic N) is 2. The maximum atomic E-state index is 12.6. The molecule has 27 heavy (non-hydrogen) atoms. The number of hydrogen-bond acceptors (Lipinski definition) is 6. The summed E-state index contributed by atoms with van der Waals surface area (Å²) in [6, 6.07) is 18.0. The predicted molar refractivity (Wildman–Crippen MR) is 102 cm³/mol. The number of carbonyl (C=O) groups is 2. The van der Waals surface area contributed by atoms with Crippen LogP contribution in [0.25, 0.3) is 0 Å². The van der Waals surface area contributed by atoms with Crippen molar-refractivity contribution < 1.29 is 14.3 Å². The predicted octanol–water partition coefficient (Wildman–Crippen LogP) is 3.01. The summed E-state index contributed by atoms with van der Waals surface area (Å²) < 4.78 is 9.07. The molecular weight excluding hydrogens is 364 g/mol. The molecule has 0 saturated heterocycles. The Morgan fingerprint density at radius 1 is 1.00 bits per heavy atom. The fraction of sp³-hybridized carbons (Fsp3) is 0.158. The lowest BCUT2D eigenvalue weighted by Crippen LogP contribution is -2.45. The highest BCUT2D eigenvalue weighted by atomic mass is 32.1. The summed E-state index contributed by atoms with van der Waals surface area (Å²) in [4.78, 5) is 28.7. The van der Waals surface area contributed by atoms with Crippen molar-refractivity contribution in [3.63, 3.8) is 0 Å². The number of carbonyl (C=O) groups excluding carboxylic acids is 2. The summed E-state index contributed by atoms with van der Waals surface area (Å²) in [5, 5.41) is 5.66. The second kappa shape index (κ2) is 9.44. The largest absolute Gasteiger partial charge is 0.445 e. The molecule has 0 unspecified atom stereocenters. The smallest absolute Gasteiger partial charge is 0.408 e. The van der Waals surface area contributed by atoms with E-state index >= 15 is 0 Å². The van der Waals surface area contributed by atoms with Gasteiger partial charge in [-0.25, -0.2) is 9.78 Å². The zero-order chi connectivity index (χ0) is 18.9. The van der Waals surface area contributed by atoms with E-state index < -0.39 is 12.1 Å². The number of rotatable bonds is 7. The third-order valence-corrected chi connectivity index (χ3v) is 4.28. The number of aromatic nitrogens is 2. The van der Waals surface area contributed by atoms with Gasteiger partial charge in [0, 0.05) is 18.0 Å². The van der Waals surface area contributed by atoms with Crippen LogP contribution in [0.2, 0.25) is 0 Å². The number of amides is 2. The quantitative estimate of drug-likeness (QED) is 0.655. The van der Waals surface area contributed by atoms with E-state index in [1.54, 1.807) is 0 Å². The molecular formula is C19H18N4O3S. The fourth-order valence-corrected chi connectivity index (χ4v) is 2.82. The zero-order valence-corrected chi connectivity index (χ0v) is 15.2. The molecule has 1 atom stereocenters. The van der Waals surface area contributed by atoms with E-state index in [1.165, 1.54) is 6.33 Å². The molecule has 0 spiro atoms. The van der Waals surface area contributed by atoms with Crippen LogP contribution in [0.1, 0.15) is 11.1 Å². The van der Waals surface area contributed by atoms with E-state index in [-0.39, 0.29) is 12.5 Å². The molecule has 138 valence electrons. The Kier molecular flexibility index (Phi) is 6.48. The molecule has 2 N–H and O–H groups in total. The summed E-state index contributed by atoms with van der Waals surface area (Å²) >= 11 is 1.06. The van der Waals surface area contributed by atoms with Gasteiger partial charge in [0.05, 0.1) is 0 Å². The van der Waals surface area contributed by atoms with Crippen molar-refractivity contribution in [2.75, 3.05) is 5.32 Å². The maximum Gasteiger partial charge on any atom is 0.408 e. The van der Waals surface area contributed by atoms with Gasteiger partial charge in [-0.1, -0.05) is 60.7 Å². The Morgan fingerprint density at radius 3 is 2.30 bits per heavy atom. The van der Waals surface area contributed by atoms with Crippen molar-refractivity contribution in [1.29, 1.82) is 0 Å². The summed E-state index contributed by atoms with van der Waals surface area (Å²) in [6.07, 6.45) is 1.02. The first-order valence-corrected chi connectivity index (χ1v) is 9.07. The molecule has 0 radical (unpaired) electrons. The van der Waals surface area contributed by atoms with E-state index in [0.29, 0.717) is 11.6 Å². The van der Waals surface area contributed by atoms with Gasteiger partial charge in [-0.15, -0.1) is 0 Å². The van der Waals surface area contributed by atoms with Crippen LogP contribution in [0.3, 0.4) is 0 Å². The first kappa shape index (κ1) is 18.5. The topological polar surface area (TPSA) is 93.2 Å². The molecule has 0 saturated carbocycles. The van der Waals surface area contributed by atoms with E-state index in [2.05, 4.69) is 20.0 Å². The number of hydrogen-bond donors (Lipinski definition) is 2. The lowest BCUT2D eigenvalue weighted by atomic mass is 10.1. The van der Waals surface area contributed by atoms with E-state index in [9.17, 15) is 9.59 Å². The van der Waals surface area contributed by atoms with Crippen molar-refractivity contribution in [2.24, 2.45) is 0 Å². The molecule has 1 aromatic heterocycles. The third kappa shape index (κ3) is 5.89. The Hall–Kier alpha value is -3.26. The van der Waals surface area contributed by atoms with Gasteiger partial charge >= 0.3 is 6.09 Å². The number of nitrogens with one attached hydrogen (secondary N) is 2. The Morgan fingerprint density at radius 2 is 1.67 bits per heavy atom. The molecule has 8 heteroatoms. The number of alkyl carbamates (subject to hydrolysis) is 1. The second-order valence-corrected chi connectivity index (χ2v) is 6.46. The minimum Gasteiger partial charge on any atom is -0.445 e. The zero-order valence-electron chi connectivity index (χ0n) is 14.4. The minimum absolute atomic E-state index is 0.128. The van der Waals surface area contributed by atoms with Crippen LogP contribution in [0, 0.1) is 0 Å². The molecule has 0 fully saturated rings. The minimum atomic E-state index is -0.806. The number of ether oxygens (including phenoxy) is 1. The molecule has 7 nitrogen and oxygen atoms in total. The SMILES string of the molecule is O=C(N[C@@H](Cc1ccccc1)C(=O)Nc1ncns1)OCc1ccccc1. The molecule has 0 aliphatic heterocycles. The normalized spacial score (nSPS) is 11.4. The van der Waals surface area contributed by atoms with Gasteiger partial charge < -0.3 is 10.1 Å². The van der Waals surface area contributed by atoms with Crippen LogP contribution in [0.15, 0.2) is 67.0 Å². The van der Waals surface area contributed by atoms with Crippen molar-refractivity contribution >= 4 is 28.7 Å². The summed E-state index contributed by atoms with van der Waals surface area (Å²) in [7, 11) is 0. The van der Waals surface area contributed by atoms with Gasteiger partial charge in [0.2, 0.25) is 11.0 Å². The lowest BCUT2D eigenvalue weighted by Gasteiger charge is -2.17. The molecule has 2 aromatic carbocycles. The van der Waals surface area contributed by atoms with Crippen molar-refractivity contribution in [3.8, 4) is 0 Å². The van der Waals surface area contributed by atoms with Crippen LogP contribution >= 0.6 is 11.5 Å². The molecule has 0 aliphatic rings. The Bertz CT molecular complexity index is 857. The van der Waals surface area contributed by atoms with Crippen LogP contribution < -0.4 is 10.6 Å². The van der Waals surface area contributed by atoms with E-state index in [1.807, 2.05) is 60.7 Å². The maximum absolute atomic E-state index is 12.6.